The number of hydrogen-bond acceptors (Lipinski definition) is 15. The number of rotatable bonds is 10. The van der Waals surface area contributed by atoms with E-state index < -0.39 is 18.0 Å². The van der Waals surface area contributed by atoms with Crippen molar-refractivity contribution in [3.8, 4) is 11.8 Å². The number of nitrogens with one attached hydrogen (secondary N) is 6. The Hall–Kier alpha value is -7.25. The SMILES string of the molecule is CCOC(=O)c1ccc(NC(=O)NCc2cn[nH]c2N)cc1.CCOC(=O)c1ccc(NC(=O)Oc2ccccc2)cc1.N#Cc1cn[nH]c1N.NCc1cn[nH]c1N.[Al].[H-].[Li+]. The smallest absolute Gasteiger partial charge is 1.00 e. The maximum Gasteiger partial charge on any atom is 1.00 e. The van der Waals surface area contributed by atoms with Gasteiger partial charge in [-0.3, -0.25) is 20.6 Å². The summed E-state index contributed by atoms with van der Waals surface area (Å²) >= 11 is 0. The zero-order valence-corrected chi connectivity index (χ0v) is 34.8. The molecule has 0 bridgehead atoms. The summed E-state index contributed by atoms with van der Waals surface area (Å²) in [4.78, 5) is 46.4. The number of esters is 2. The van der Waals surface area contributed by atoms with E-state index in [0.29, 0.717) is 76.6 Å². The molecule has 0 saturated heterocycles. The van der Waals surface area contributed by atoms with Crippen LogP contribution in [0.3, 0.4) is 0 Å². The van der Waals surface area contributed by atoms with E-state index >= 15 is 0 Å². The number of aromatic nitrogens is 6. The number of nitriles is 1. The number of hydrogen-bond donors (Lipinski definition) is 10. The first-order chi connectivity index (χ1) is 28.5. The van der Waals surface area contributed by atoms with Gasteiger partial charge in [0.05, 0.1) is 42.9 Å². The van der Waals surface area contributed by atoms with Crippen molar-refractivity contribution in [1.82, 2.24) is 35.9 Å². The average Bonchev–Trinajstić information content (AvgIpc) is 3.99. The number of urea groups is 1. The molecule has 3 aromatic heterocycles. The number of carbonyl (C=O) groups is 4. The van der Waals surface area contributed by atoms with Gasteiger partial charge in [-0.1, -0.05) is 18.2 Å². The number of aromatic amines is 3. The van der Waals surface area contributed by atoms with Crippen LogP contribution < -0.4 is 62.5 Å². The van der Waals surface area contributed by atoms with Crippen molar-refractivity contribution in [2.24, 2.45) is 5.73 Å². The molecule has 3 aromatic carbocycles. The van der Waals surface area contributed by atoms with E-state index in [1.807, 2.05) is 12.1 Å². The Labute approximate surface area is 374 Å². The minimum atomic E-state index is -0.593. The summed E-state index contributed by atoms with van der Waals surface area (Å²) in [5.74, 6) is 0.974. The predicted molar refractivity (Wildman–Crippen MR) is 225 cm³/mol. The summed E-state index contributed by atoms with van der Waals surface area (Å²) in [7, 11) is 0. The minimum Gasteiger partial charge on any atom is -1.00 e. The van der Waals surface area contributed by atoms with Gasteiger partial charge in [-0.05, 0) is 74.5 Å². The zero-order valence-electron chi connectivity index (χ0n) is 34.6. The molecule has 0 fully saturated rings. The Morgan fingerprint density at radius 2 is 1.18 bits per heavy atom. The topological polar surface area (TPSA) is 346 Å². The molecule has 0 aliphatic carbocycles. The molecule has 0 spiro atoms. The second kappa shape index (κ2) is 28.2. The van der Waals surface area contributed by atoms with Crippen molar-refractivity contribution in [1.29, 1.82) is 5.26 Å². The molecule has 0 unspecified atom stereocenters. The molecule has 0 aliphatic rings. The second-order valence-corrected chi connectivity index (χ2v) is 11.4. The van der Waals surface area contributed by atoms with E-state index in [9.17, 15) is 19.2 Å². The molecule has 3 heterocycles. The van der Waals surface area contributed by atoms with E-state index in [2.05, 4.69) is 46.5 Å². The van der Waals surface area contributed by atoms with E-state index in [4.69, 9.17) is 42.4 Å². The van der Waals surface area contributed by atoms with Crippen molar-refractivity contribution in [2.75, 3.05) is 41.0 Å². The molecule has 313 valence electrons. The maximum atomic E-state index is 11.8. The fourth-order valence-electron chi connectivity index (χ4n) is 4.23. The van der Waals surface area contributed by atoms with Crippen LogP contribution in [0.4, 0.5) is 38.4 Å². The van der Waals surface area contributed by atoms with Gasteiger partial charge in [0.1, 0.15) is 34.8 Å². The first-order valence-electron chi connectivity index (χ1n) is 17.5. The van der Waals surface area contributed by atoms with Crippen LogP contribution >= 0.6 is 0 Å². The first-order valence-corrected chi connectivity index (χ1v) is 17.5. The molecule has 14 N–H and O–H groups in total. The number of amides is 3. The number of H-pyrrole nitrogens is 3. The molecule has 6 aromatic rings. The molecule has 0 saturated carbocycles. The van der Waals surface area contributed by atoms with Gasteiger partial charge in [-0.2, -0.15) is 20.6 Å². The Bertz CT molecular complexity index is 2270. The van der Waals surface area contributed by atoms with E-state index in [1.165, 1.54) is 6.20 Å². The number of nitrogens with two attached hydrogens (primary N) is 4. The van der Waals surface area contributed by atoms with E-state index in [-0.39, 0.29) is 50.2 Å². The number of nitrogen functional groups attached to an aromatic ring is 3. The standard InChI is InChI=1S/C16H15NO4.C14H17N5O3.C4H8N4.C4H4N4.Al.Li.H/c1-2-20-15(18)12-8-10-13(11-9-12)17-16(19)21-14-6-4-3-5-7-14;1-2-22-13(20)9-3-5-11(6-4-9)18-14(21)16-7-10-8-17-19-12(10)15;2*5-1-3-2-7-8-4(3)6;;;/h3-11H,2H2,1H3,(H,17,19);3-6,8H,2,7H2,1H3,(H3,15,17,19)(H2,16,18,21);2H,1,5H2,(H3,6,7,8);2H,(H3,6,7,8);;;/q;;;;;+1;-1. The number of nitrogens with zero attached hydrogens (tertiary/aromatic N) is 4. The third-order valence-corrected chi connectivity index (χ3v) is 7.20. The van der Waals surface area contributed by atoms with Crippen LogP contribution in [0.1, 0.15) is 52.7 Å². The van der Waals surface area contributed by atoms with E-state index in [1.54, 1.807) is 99.0 Å². The van der Waals surface area contributed by atoms with Gasteiger partial charge in [0.15, 0.2) is 0 Å². The molecular weight excluding hydrogens is 798 g/mol. The molecule has 21 nitrogen and oxygen atoms in total. The van der Waals surface area contributed by atoms with Gasteiger partial charge in [-0.15, -0.1) is 0 Å². The molecule has 3 radical (unpaired) electrons. The van der Waals surface area contributed by atoms with Crippen LogP contribution in [0.25, 0.3) is 0 Å². The van der Waals surface area contributed by atoms with Crippen molar-refractivity contribution in [3.05, 3.63) is 125 Å². The third kappa shape index (κ3) is 18.5. The van der Waals surface area contributed by atoms with Crippen LogP contribution in [0.2, 0.25) is 0 Å². The van der Waals surface area contributed by atoms with Crippen LogP contribution in [0.5, 0.6) is 5.75 Å². The Balaban J connectivity index is 0.000000859. The van der Waals surface area contributed by atoms with Crippen LogP contribution in [0.15, 0.2) is 97.5 Å². The van der Waals surface area contributed by atoms with Crippen LogP contribution in [-0.2, 0) is 22.6 Å². The van der Waals surface area contributed by atoms with Gasteiger partial charge >= 0.3 is 42.9 Å². The van der Waals surface area contributed by atoms with Crippen molar-refractivity contribution < 1.29 is 53.7 Å². The summed E-state index contributed by atoms with van der Waals surface area (Å²) < 4.78 is 14.9. The number of para-hydroxylation sites is 1. The number of ether oxygens (including phenoxy) is 3. The molecule has 6 rings (SSSR count). The van der Waals surface area contributed by atoms with Crippen LogP contribution in [0, 0.1) is 11.3 Å². The average molecular weight is 844 g/mol. The Morgan fingerprint density at radius 1 is 0.705 bits per heavy atom. The summed E-state index contributed by atoms with van der Waals surface area (Å²) in [5, 5.41) is 34.6. The van der Waals surface area contributed by atoms with Gasteiger partial charge in [0.25, 0.3) is 0 Å². The molecule has 0 atom stereocenters. The molecular formula is C38H45AlLiN14O7. The van der Waals surface area contributed by atoms with Crippen molar-refractivity contribution in [2.45, 2.75) is 26.9 Å². The Kier molecular flexibility index (Phi) is 24.0. The second-order valence-electron chi connectivity index (χ2n) is 11.4. The quantitative estimate of drug-likeness (QED) is 0.0680. The molecule has 0 aliphatic heterocycles. The van der Waals surface area contributed by atoms with Gasteiger partial charge < -0.3 is 49.2 Å². The summed E-state index contributed by atoms with van der Waals surface area (Å²) in [6.45, 7) is 4.83. The number of anilines is 5. The number of carbonyl (C=O) groups excluding carboxylic acids is 4. The fraction of sp³-hybridized carbons (Fsp3) is 0.158. The minimum absolute atomic E-state index is 0. The van der Waals surface area contributed by atoms with Gasteiger partial charge in [0, 0.05) is 53.0 Å². The summed E-state index contributed by atoms with van der Waals surface area (Å²) in [6.07, 6.45) is 3.96. The van der Waals surface area contributed by atoms with Crippen LogP contribution in [-0.4, -0.2) is 85.2 Å². The summed E-state index contributed by atoms with van der Waals surface area (Å²) in [6, 6.07) is 23.0. The first kappa shape index (κ1) is 51.8. The maximum absolute atomic E-state index is 11.8. The zero-order chi connectivity index (χ0) is 43.0. The van der Waals surface area contributed by atoms with Gasteiger partial charge in [-0.25, -0.2) is 19.2 Å². The third-order valence-electron chi connectivity index (χ3n) is 7.20. The van der Waals surface area contributed by atoms with Crippen molar-refractivity contribution >= 4 is 70.3 Å². The predicted octanol–water partition coefficient (Wildman–Crippen LogP) is 1.01. The molecule has 61 heavy (non-hydrogen) atoms. The molecule has 3 amide bonds. The van der Waals surface area contributed by atoms with Crippen molar-refractivity contribution in [3.63, 3.8) is 0 Å². The van der Waals surface area contributed by atoms with Gasteiger partial charge in [0.2, 0.25) is 0 Å². The Morgan fingerprint density at radius 3 is 1.57 bits per heavy atom. The van der Waals surface area contributed by atoms with E-state index in [0.717, 1.165) is 5.56 Å². The fourth-order valence-corrected chi connectivity index (χ4v) is 4.23. The number of benzene rings is 3. The largest absolute Gasteiger partial charge is 1.00 e. The monoisotopic (exact) mass is 843 g/mol. The normalized spacial score (nSPS) is 9.34. The molecule has 23 heteroatoms. The summed E-state index contributed by atoms with van der Waals surface area (Å²) in [5.41, 5.74) is 25.3.